The van der Waals surface area contributed by atoms with Crippen molar-refractivity contribution in [2.75, 3.05) is 19.5 Å². The number of carbonyl (C=O) groups excluding carboxylic acids is 1. The average molecular weight is 482 g/mol. The number of oxazole rings is 1. The number of ether oxygens (including phenoxy) is 2. The average Bonchev–Trinajstić information content (AvgIpc) is 3.22. The number of amides is 1. The molecule has 0 aliphatic rings. The lowest BCUT2D eigenvalue weighted by Gasteiger charge is -2.14. The van der Waals surface area contributed by atoms with Gasteiger partial charge in [0.15, 0.2) is 10.7 Å². The third kappa shape index (κ3) is 4.92. The van der Waals surface area contributed by atoms with Crippen LogP contribution in [0, 0.1) is 6.92 Å². The Morgan fingerprint density at radius 2 is 1.79 bits per heavy atom. The summed E-state index contributed by atoms with van der Waals surface area (Å²) in [6.45, 7) is 1.91. The number of methoxy groups -OCH3 is 2. The zero-order valence-corrected chi connectivity index (χ0v) is 19.6. The van der Waals surface area contributed by atoms with Crippen LogP contribution < -0.4 is 20.1 Å². The summed E-state index contributed by atoms with van der Waals surface area (Å²) in [5, 5.41) is 6.48. The lowest BCUT2D eigenvalue weighted by atomic mass is 10.1. The number of nitrogens with one attached hydrogen (secondary N) is 2. The number of rotatable bonds is 5. The van der Waals surface area contributed by atoms with Crippen molar-refractivity contribution in [3.63, 3.8) is 0 Å². The number of nitrogens with zero attached hydrogens (tertiary/aromatic N) is 1. The predicted molar refractivity (Wildman–Crippen MR) is 132 cm³/mol. The van der Waals surface area contributed by atoms with Crippen molar-refractivity contribution in [3.05, 3.63) is 70.7 Å². The van der Waals surface area contributed by atoms with Gasteiger partial charge in [-0.3, -0.25) is 10.1 Å². The van der Waals surface area contributed by atoms with Crippen molar-refractivity contribution in [2.24, 2.45) is 0 Å². The van der Waals surface area contributed by atoms with Gasteiger partial charge in [0, 0.05) is 27.9 Å². The second kappa shape index (κ2) is 9.48. The first-order valence-corrected chi connectivity index (χ1v) is 10.7. The second-order valence-electron chi connectivity index (χ2n) is 7.12. The molecule has 0 aliphatic heterocycles. The zero-order valence-electron chi connectivity index (χ0n) is 18.1. The topological polar surface area (TPSA) is 85.6 Å². The minimum Gasteiger partial charge on any atom is -0.497 e. The summed E-state index contributed by atoms with van der Waals surface area (Å²) in [6.07, 6.45) is 0. The SMILES string of the molecule is COc1cc(OC)cc(C(=O)NC(=S)Nc2cccc(-c3nc4cc(Cl)ccc4o3)c2C)c1. The molecule has 33 heavy (non-hydrogen) atoms. The fourth-order valence-corrected chi connectivity index (χ4v) is 3.65. The van der Waals surface area contributed by atoms with E-state index in [1.54, 1.807) is 36.4 Å². The third-order valence-electron chi connectivity index (χ3n) is 5.00. The number of carbonyl (C=O) groups is 1. The largest absolute Gasteiger partial charge is 0.497 e. The van der Waals surface area contributed by atoms with Gasteiger partial charge < -0.3 is 19.2 Å². The number of fused-ring (bicyclic) bond motifs is 1. The van der Waals surface area contributed by atoms with E-state index in [2.05, 4.69) is 15.6 Å². The van der Waals surface area contributed by atoms with E-state index in [0.717, 1.165) is 11.1 Å². The van der Waals surface area contributed by atoms with Gasteiger partial charge in [-0.25, -0.2) is 4.98 Å². The number of hydrogen-bond donors (Lipinski definition) is 2. The number of halogens is 1. The third-order valence-corrected chi connectivity index (χ3v) is 5.44. The predicted octanol–water partition coefficient (Wildman–Crippen LogP) is 5.60. The van der Waals surface area contributed by atoms with Crippen LogP contribution in [-0.2, 0) is 0 Å². The van der Waals surface area contributed by atoms with E-state index in [1.165, 1.54) is 14.2 Å². The molecule has 9 heteroatoms. The summed E-state index contributed by atoms with van der Waals surface area (Å²) in [4.78, 5) is 17.2. The number of hydrogen-bond acceptors (Lipinski definition) is 6. The van der Waals surface area contributed by atoms with E-state index in [0.29, 0.717) is 44.8 Å². The first-order chi connectivity index (χ1) is 15.9. The van der Waals surface area contributed by atoms with Crippen LogP contribution in [0.25, 0.3) is 22.6 Å². The Morgan fingerprint density at radius 1 is 1.06 bits per heavy atom. The smallest absolute Gasteiger partial charge is 0.257 e. The van der Waals surface area contributed by atoms with Crippen LogP contribution in [0.15, 0.2) is 59.0 Å². The first kappa shape index (κ1) is 22.6. The van der Waals surface area contributed by atoms with Gasteiger partial charge in [0.25, 0.3) is 5.91 Å². The second-order valence-corrected chi connectivity index (χ2v) is 7.96. The fourth-order valence-electron chi connectivity index (χ4n) is 3.29. The molecule has 4 aromatic rings. The van der Waals surface area contributed by atoms with E-state index in [-0.39, 0.29) is 5.11 Å². The molecule has 1 heterocycles. The molecule has 7 nitrogen and oxygen atoms in total. The molecule has 0 atom stereocenters. The van der Waals surface area contributed by atoms with E-state index >= 15 is 0 Å². The number of aromatic nitrogens is 1. The van der Waals surface area contributed by atoms with Gasteiger partial charge in [0.1, 0.15) is 17.0 Å². The molecule has 0 radical (unpaired) electrons. The Balaban J connectivity index is 1.53. The molecule has 0 fully saturated rings. The molecular formula is C24H20ClN3O4S. The van der Waals surface area contributed by atoms with E-state index in [9.17, 15) is 4.79 Å². The molecule has 168 valence electrons. The zero-order chi connectivity index (χ0) is 23.5. The summed E-state index contributed by atoms with van der Waals surface area (Å²) in [7, 11) is 3.04. The van der Waals surface area contributed by atoms with E-state index in [4.69, 9.17) is 37.7 Å². The Morgan fingerprint density at radius 3 is 2.48 bits per heavy atom. The van der Waals surface area contributed by atoms with Gasteiger partial charge in [-0.05, 0) is 67.2 Å². The van der Waals surface area contributed by atoms with Crippen molar-refractivity contribution in [3.8, 4) is 23.0 Å². The van der Waals surface area contributed by atoms with Crippen LogP contribution in [-0.4, -0.2) is 30.2 Å². The highest BCUT2D eigenvalue weighted by Crippen LogP contribution is 2.31. The normalized spacial score (nSPS) is 10.7. The Kier molecular flexibility index (Phi) is 6.48. The first-order valence-electron chi connectivity index (χ1n) is 9.89. The lowest BCUT2D eigenvalue weighted by Crippen LogP contribution is -2.34. The monoisotopic (exact) mass is 481 g/mol. The van der Waals surface area contributed by atoms with E-state index in [1.807, 2.05) is 25.1 Å². The summed E-state index contributed by atoms with van der Waals surface area (Å²) in [5.41, 5.74) is 4.02. The summed E-state index contributed by atoms with van der Waals surface area (Å²) in [6, 6.07) is 15.8. The molecule has 1 amide bonds. The highest BCUT2D eigenvalue weighted by Gasteiger charge is 2.15. The molecule has 0 aliphatic carbocycles. The van der Waals surface area contributed by atoms with Crippen molar-refractivity contribution in [1.29, 1.82) is 0 Å². The Hall–Kier alpha value is -3.62. The van der Waals surface area contributed by atoms with E-state index < -0.39 is 5.91 Å². The van der Waals surface area contributed by atoms with Crippen molar-refractivity contribution < 1.29 is 18.7 Å². The number of benzene rings is 3. The van der Waals surface area contributed by atoms with Crippen LogP contribution in [0.3, 0.4) is 0 Å². The summed E-state index contributed by atoms with van der Waals surface area (Å²) >= 11 is 11.4. The lowest BCUT2D eigenvalue weighted by molar-refractivity contribution is 0.0977. The highest BCUT2D eigenvalue weighted by atomic mass is 35.5. The summed E-state index contributed by atoms with van der Waals surface area (Å²) in [5.74, 6) is 1.07. The minimum absolute atomic E-state index is 0.145. The van der Waals surface area contributed by atoms with Gasteiger partial charge >= 0.3 is 0 Å². The maximum absolute atomic E-state index is 12.7. The van der Waals surface area contributed by atoms with Crippen LogP contribution in [0.5, 0.6) is 11.5 Å². The molecule has 3 aromatic carbocycles. The molecular weight excluding hydrogens is 462 g/mol. The standard InChI is InChI=1S/C24H20ClN3O4S/c1-13-18(23-26-20-11-15(25)7-8-21(20)32-23)5-4-6-19(13)27-24(33)28-22(29)14-9-16(30-2)12-17(10-14)31-3/h4-12H,1-3H3,(H2,27,28,29,33). The minimum atomic E-state index is -0.394. The number of anilines is 1. The van der Waals surface area contributed by atoms with Crippen LogP contribution in [0.4, 0.5) is 5.69 Å². The summed E-state index contributed by atoms with van der Waals surface area (Å²) < 4.78 is 16.3. The van der Waals surface area contributed by atoms with Gasteiger partial charge in [0.05, 0.1) is 14.2 Å². The van der Waals surface area contributed by atoms with Gasteiger partial charge in [0.2, 0.25) is 5.89 Å². The molecule has 0 bridgehead atoms. The van der Waals surface area contributed by atoms with Gasteiger partial charge in [-0.2, -0.15) is 0 Å². The van der Waals surface area contributed by atoms with Gasteiger partial charge in [-0.15, -0.1) is 0 Å². The molecule has 0 spiro atoms. The van der Waals surface area contributed by atoms with Crippen molar-refractivity contribution in [2.45, 2.75) is 6.92 Å². The fraction of sp³-hybridized carbons (Fsp3) is 0.125. The van der Waals surface area contributed by atoms with Crippen LogP contribution >= 0.6 is 23.8 Å². The maximum atomic E-state index is 12.7. The molecule has 0 saturated heterocycles. The van der Waals surface area contributed by atoms with Gasteiger partial charge in [-0.1, -0.05) is 17.7 Å². The molecule has 0 unspecified atom stereocenters. The van der Waals surface area contributed by atoms with Crippen molar-refractivity contribution >= 4 is 51.6 Å². The molecule has 4 rings (SSSR count). The highest BCUT2D eigenvalue weighted by molar-refractivity contribution is 7.80. The Bertz CT molecular complexity index is 1350. The van der Waals surface area contributed by atoms with Crippen LogP contribution in [0.2, 0.25) is 5.02 Å². The molecule has 1 aromatic heterocycles. The number of thiocarbonyl (C=S) groups is 1. The quantitative estimate of drug-likeness (QED) is 0.359. The van der Waals surface area contributed by atoms with Crippen LogP contribution in [0.1, 0.15) is 15.9 Å². The van der Waals surface area contributed by atoms with Crippen molar-refractivity contribution in [1.82, 2.24) is 10.3 Å². The molecule has 0 saturated carbocycles. The molecule has 2 N–H and O–H groups in total. The Labute approximate surface area is 200 Å². The maximum Gasteiger partial charge on any atom is 0.257 e.